The van der Waals surface area contributed by atoms with Crippen LogP contribution >= 0.6 is 0 Å². The predicted molar refractivity (Wildman–Crippen MR) is 163 cm³/mol. The molecule has 4 N–H and O–H groups in total. The van der Waals surface area contributed by atoms with E-state index in [0.29, 0.717) is 37.4 Å². The van der Waals surface area contributed by atoms with Gasteiger partial charge in [-0.2, -0.15) is 23.5 Å². The number of hydrogen-bond acceptors (Lipinski definition) is 8. The Kier molecular flexibility index (Phi) is 11.9. The number of amides is 1. The van der Waals surface area contributed by atoms with Gasteiger partial charge in [-0.15, -0.1) is 0 Å². The van der Waals surface area contributed by atoms with E-state index in [1.807, 2.05) is 30.3 Å². The van der Waals surface area contributed by atoms with Crippen LogP contribution in [0.15, 0.2) is 48.5 Å². The molecule has 5 rings (SSSR count). The number of ether oxygens (including phenoxy) is 1. The molecule has 0 saturated carbocycles. The number of carboxylic acid groups (broad SMARTS) is 1. The Balaban J connectivity index is 0.000000644. The first-order valence-corrected chi connectivity index (χ1v) is 15.1. The van der Waals surface area contributed by atoms with Crippen LogP contribution in [0.4, 0.5) is 23.2 Å². The van der Waals surface area contributed by atoms with Crippen molar-refractivity contribution in [2.45, 2.75) is 50.4 Å². The highest BCUT2D eigenvalue weighted by Crippen LogP contribution is 2.29. The molecule has 2 aromatic carbocycles. The lowest BCUT2D eigenvalue weighted by molar-refractivity contribution is -0.192. The molecule has 3 heterocycles. The van der Waals surface area contributed by atoms with Gasteiger partial charge in [-0.1, -0.05) is 6.07 Å². The number of halogens is 4. The fraction of sp³-hybridized carbons (Fsp3) is 0.438. The van der Waals surface area contributed by atoms with E-state index in [2.05, 4.69) is 10.00 Å². The number of anilines is 1. The molecule has 0 aliphatic carbocycles. The summed E-state index contributed by atoms with van der Waals surface area (Å²) in [5, 5.41) is 29.9. The molecular formula is C32H36F4N6O5. The minimum absolute atomic E-state index is 0.0414. The smallest absolute Gasteiger partial charge is 0.475 e. The van der Waals surface area contributed by atoms with Gasteiger partial charge in [0.15, 0.2) is 5.69 Å². The van der Waals surface area contributed by atoms with Crippen molar-refractivity contribution in [2.75, 3.05) is 44.3 Å². The number of nitrogens with two attached hydrogens (primary N) is 1. The Morgan fingerprint density at radius 2 is 1.70 bits per heavy atom. The topological polar surface area (TPSA) is 158 Å². The second-order valence-electron chi connectivity index (χ2n) is 11.2. The van der Waals surface area contributed by atoms with Crippen molar-refractivity contribution in [2.24, 2.45) is 5.73 Å². The highest BCUT2D eigenvalue weighted by molar-refractivity contribution is 5.93. The van der Waals surface area contributed by atoms with Crippen LogP contribution in [0.2, 0.25) is 0 Å². The van der Waals surface area contributed by atoms with Crippen molar-refractivity contribution in [1.82, 2.24) is 14.7 Å². The largest absolute Gasteiger partial charge is 0.490 e. The molecule has 11 nitrogen and oxygen atoms in total. The van der Waals surface area contributed by atoms with Crippen LogP contribution in [0, 0.1) is 17.1 Å². The molecule has 2 fully saturated rings. The Hall–Kier alpha value is -4.52. The van der Waals surface area contributed by atoms with E-state index in [1.165, 1.54) is 12.1 Å². The van der Waals surface area contributed by atoms with Crippen molar-refractivity contribution in [1.29, 1.82) is 5.26 Å². The number of hydrogen-bond donors (Lipinski definition) is 3. The summed E-state index contributed by atoms with van der Waals surface area (Å²) in [4.78, 5) is 26.3. The fourth-order valence-corrected chi connectivity index (χ4v) is 5.41. The number of alkyl halides is 3. The minimum Gasteiger partial charge on any atom is -0.475 e. The van der Waals surface area contributed by atoms with Gasteiger partial charge in [-0.05, 0) is 74.6 Å². The molecule has 2 aliphatic rings. The summed E-state index contributed by atoms with van der Waals surface area (Å²) >= 11 is 0. The number of piperidine rings is 2. The summed E-state index contributed by atoms with van der Waals surface area (Å²) < 4.78 is 53.8. The zero-order valence-corrected chi connectivity index (χ0v) is 25.5. The molecule has 0 spiro atoms. The van der Waals surface area contributed by atoms with Gasteiger partial charge in [0, 0.05) is 56.7 Å². The lowest BCUT2D eigenvalue weighted by atomic mass is 10.1. The normalized spacial score (nSPS) is 17.1. The van der Waals surface area contributed by atoms with Crippen LogP contribution < -0.4 is 10.6 Å². The van der Waals surface area contributed by atoms with Gasteiger partial charge in [0.05, 0.1) is 23.0 Å². The number of aliphatic carboxylic acids is 1. The molecule has 2 saturated heterocycles. The molecule has 0 bridgehead atoms. The summed E-state index contributed by atoms with van der Waals surface area (Å²) in [6, 6.07) is 15.8. The van der Waals surface area contributed by atoms with Crippen LogP contribution in [0.25, 0.3) is 16.9 Å². The maximum absolute atomic E-state index is 14.6. The number of benzene rings is 2. The van der Waals surface area contributed by atoms with E-state index in [0.717, 1.165) is 50.1 Å². The number of rotatable bonds is 8. The maximum Gasteiger partial charge on any atom is 0.490 e. The number of aliphatic hydroxyl groups excluding tert-OH is 1. The Bertz CT molecular complexity index is 1570. The average molecular weight is 661 g/mol. The molecule has 1 atom stereocenters. The summed E-state index contributed by atoms with van der Waals surface area (Å²) in [6.07, 6.45) is -0.639. The molecule has 3 aromatic rings. The second kappa shape index (κ2) is 15.9. The predicted octanol–water partition coefficient (Wildman–Crippen LogP) is 4.11. The highest BCUT2D eigenvalue weighted by atomic mass is 19.4. The number of carbonyl (C=O) groups excluding carboxylic acids is 1. The molecule has 0 unspecified atom stereocenters. The van der Waals surface area contributed by atoms with E-state index < -0.39 is 18.0 Å². The molecule has 252 valence electrons. The average Bonchev–Trinajstić information content (AvgIpc) is 3.50. The van der Waals surface area contributed by atoms with E-state index in [4.69, 9.17) is 30.7 Å². The number of nitriles is 1. The Morgan fingerprint density at radius 3 is 2.28 bits per heavy atom. The third-order valence-electron chi connectivity index (χ3n) is 7.86. The Labute approximate surface area is 268 Å². The van der Waals surface area contributed by atoms with Crippen molar-refractivity contribution in [3.8, 4) is 23.0 Å². The number of aliphatic hydroxyl groups is 1. The first-order valence-electron chi connectivity index (χ1n) is 15.1. The van der Waals surface area contributed by atoms with Gasteiger partial charge >= 0.3 is 12.1 Å². The molecule has 0 radical (unpaired) electrons. The van der Waals surface area contributed by atoms with Crippen LogP contribution in [0.1, 0.15) is 48.2 Å². The number of carboxylic acids is 1. The van der Waals surface area contributed by atoms with Crippen LogP contribution in [-0.4, -0.2) is 94.5 Å². The number of aromatic nitrogens is 2. The highest BCUT2D eigenvalue weighted by Gasteiger charge is 2.38. The number of nitrogens with zero attached hydrogens (tertiary/aromatic N) is 5. The third-order valence-corrected chi connectivity index (χ3v) is 7.86. The summed E-state index contributed by atoms with van der Waals surface area (Å²) in [6.45, 7) is 3.57. The van der Waals surface area contributed by atoms with Crippen LogP contribution in [0.5, 0.6) is 0 Å². The standard InChI is InChI=1S/C30H35FN6O3.C2HF3O2/c31-27-17-21(4-5-22(27)19-32)29-18-28(30(39)36-12-1-3-23(33)20-36)34-37(29)25-8-6-24(7-9-25)35-13-10-26(11-14-35)40-16-2-15-38;3-2(4,5)1(6)7/h4-9,17-18,23,26,38H,1-3,10-16,20,33H2;(H,6,7)/t23-;/m1./s1. The number of likely N-dealkylation sites (tertiary alicyclic amines) is 1. The van der Waals surface area contributed by atoms with Gasteiger partial charge in [0.25, 0.3) is 5.91 Å². The van der Waals surface area contributed by atoms with Gasteiger partial charge in [0.2, 0.25) is 0 Å². The quantitative estimate of drug-likeness (QED) is 0.239. The minimum atomic E-state index is -5.08. The van der Waals surface area contributed by atoms with Crippen molar-refractivity contribution < 1.29 is 42.1 Å². The Morgan fingerprint density at radius 1 is 1.04 bits per heavy atom. The molecular weight excluding hydrogens is 624 g/mol. The molecule has 15 heteroatoms. The zero-order valence-electron chi connectivity index (χ0n) is 25.5. The molecule has 1 amide bonds. The number of carbonyl (C=O) groups is 2. The molecule has 2 aliphatic heterocycles. The van der Waals surface area contributed by atoms with E-state index in [-0.39, 0.29) is 35.9 Å². The van der Waals surface area contributed by atoms with Gasteiger partial charge in [0.1, 0.15) is 11.9 Å². The van der Waals surface area contributed by atoms with E-state index in [9.17, 15) is 22.4 Å². The lowest BCUT2D eigenvalue weighted by Crippen LogP contribution is -2.45. The first kappa shape index (κ1) is 35.3. The summed E-state index contributed by atoms with van der Waals surface area (Å²) in [7, 11) is 0. The maximum atomic E-state index is 14.6. The van der Waals surface area contributed by atoms with E-state index >= 15 is 0 Å². The van der Waals surface area contributed by atoms with Crippen molar-refractivity contribution in [3.05, 3.63) is 65.6 Å². The lowest BCUT2D eigenvalue weighted by Gasteiger charge is -2.33. The second-order valence-corrected chi connectivity index (χ2v) is 11.2. The summed E-state index contributed by atoms with van der Waals surface area (Å²) in [5.41, 5.74) is 9.22. The van der Waals surface area contributed by atoms with Crippen molar-refractivity contribution >= 4 is 17.6 Å². The first-order chi connectivity index (χ1) is 22.4. The third kappa shape index (κ3) is 9.28. The monoisotopic (exact) mass is 660 g/mol. The van der Waals surface area contributed by atoms with Gasteiger partial charge in [-0.3, -0.25) is 4.79 Å². The van der Waals surface area contributed by atoms with Crippen LogP contribution in [0.3, 0.4) is 0 Å². The zero-order chi connectivity index (χ0) is 34.1. The van der Waals surface area contributed by atoms with Crippen molar-refractivity contribution in [3.63, 3.8) is 0 Å². The van der Waals surface area contributed by atoms with Gasteiger partial charge < -0.3 is 30.5 Å². The fourth-order valence-electron chi connectivity index (χ4n) is 5.41. The SMILES string of the molecule is N#Cc1ccc(-c2cc(C(=O)N3CCC[C@@H](N)C3)nn2-c2ccc(N3CCC(OCCCO)CC3)cc2)cc1F.O=C(O)C(F)(F)F. The summed E-state index contributed by atoms with van der Waals surface area (Å²) in [5.74, 6) is -3.58. The molecule has 1 aromatic heterocycles. The molecule has 47 heavy (non-hydrogen) atoms. The van der Waals surface area contributed by atoms with Gasteiger partial charge in [-0.25, -0.2) is 13.9 Å². The van der Waals surface area contributed by atoms with E-state index in [1.54, 1.807) is 21.7 Å². The van der Waals surface area contributed by atoms with Crippen LogP contribution in [-0.2, 0) is 9.53 Å².